The molecule has 176 valence electrons. The lowest BCUT2D eigenvalue weighted by atomic mass is 9.98. The van der Waals surface area contributed by atoms with Gasteiger partial charge in [-0.3, -0.25) is 9.59 Å². The molecule has 0 saturated carbocycles. The average molecular weight is 453 g/mol. The summed E-state index contributed by atoms with van der Waals surface area (Å²) in [6.45, 7) is 4.35. The number of carboxylic acids is 1. The summed E-state index contributed by atoms with van der Waals surface area (Å²) in [5.41, 5.74) is 4.58. The van der Waals surface area contributed by atoms with Crippen LogP contribution in [0.15, 0.2) is 48.5 Å². The van der Waals surface area contributed by atoms with Crippen molar-refractivity contribution in [3.63, 3.8) is 0 Å². The molecule has 0 heterocycles. The zero-order valence-electron chi connectivity index (χ0n) is 19.2. The average Bonchev–Trinajstić information content (AvgIpc) is 3.11. The predicted molar refractivity (Wildman–Crippen MR) is 126 cm³/mol. The van der Waals surface area contributed by atoms with E-state index in [4.69, 9.17) is 9.84 Å². The molecule has 7 heteroatoms. The van der Waals surface area contributed by atoms with Gasteiger partial charge in [0.2, 0.25) is 5.91 Å². The number of aliphatic carboxylic acids is 1. The van der Waals surface area contributed by atoms with Gasteiger partial charge < -0.3 is 20.5 Å². The Bertz CT molecular complexity index is 943. The number of ether oxygens (including phenoxy) is 1. The van der Waals surface area contributed by atoms with E-state index in [0.29, 0.717) is 19.4 Å². The molecule has 33 heavy (non-hydrogen) atoms. The lowest BCUT2D eigenvalue weighted by Gasteiger charge is -2.22. The van der Waals surface area contributed by atoms with Crippen molar-refractivity contribution in [3.05, 3.63) is 59.7 Å². The number of unbranched alkanes of at least 4 members (excludes halogenated alkanes) is 2. The van der Waals surface area contributed by atoms with Crippen molar-refractivity contribution in [2.24, 2.45) is 5.92 Å². The monoisotopic (exact) mass is 452 g/mol. The first-order chi connectivity index (χ1) is 15.9. The largest absolute Gasteiger partial charge is 0.481 e. The van der Waals surface area contributed by atoms with Crippen LogP contribution in [-0.2, 0) is 14.3 Å². The maximum Gasteiger partial charge on any atom is 0.407 e. The van der Waals surface area contributed by atoms with E-state index in [9.17, 15) is 14.4 Å². The van der Waals surface area contributed by atoms with E-state index in [2.05, 4.69) is 34.9 Å². The van der Waals surface area contributed by atoms with Gasteiger partial charge in [0.25, 0.3) is 0 Å². The Labute approximate surface area is 194 Å². The Balaban J connectivity index is 1.51. The maximum atomic E-state index is 12.6. The number of benzene rings is 2. The van der Waals surface area contributed by atoms with Gasteiger partial charge in [-0.15, -0.1) is 0 Å². The van der Waals surface area contributed by atoms with Gasteiger partial charge in [0.15, 0.2) is 0 Å². The number of carbonyl (C=O) groups excluding carboxylic acids is 2. The maximum absolute atomic E-state index is 12.6. The fourth-order valence-electron chi connectivity index (χ4n) is 4.20. The molecule has 2 aromatic carbocycles. The number of hydrogen-bond donors (Lipinski definition) is 3. The Kier molecular flexibility index (Phi) is 8.46. The van der Waals surface area contributed by atoms with Crippen molar-refractivity contribution in [1.82, 2.24) is 10.6 Å². The number of fused-ring (bicyclic) bond motifs is 3. The lowest BCUT2D eigenvalue weighted by molar-refractivity contribution is -0.137. The summed E-state index contributed by atoms with van der Waals surface area (Å²) in [5.74, 6) is -1.24. The number of hydrogen-bond acceptors (Lipinski definition) is 4. The minimum Gasteiger partial charge on any atom is -0.481 e. The van der Waals surface area contributed by atoms with E-state index in [1.165, 1.54) is 0 Å². The fourth-order valence-corrected chi connectivity index (χ4v) is 4.20. The first-order valence-corrected chi connectivity index (χ1v) is 11.5. The summed E-state index contributed by atoms with van der Waals surface area (Å²) in [6, 6.07) is 15.5. The van der Waals surface area contributed by atoms with Crippen molar-refractivity contribution < 1.29 is 24.2 Å². The van der Waals surface area contributed by atoms with Crippen LogP contribution in [0, 0.1) is 5.92 Å². The van der Waals surface area contributed by atoms with Gasteiger partial charge in [0.05, 0.1) is 0 Å². The SMILES string of the molecule is CC(C)[C@H](NC(=O)OCC1c2ccccc2-c2ccccc21)C(=O)NCCCCCC(=O)O. The van der Waals surface area contributed by atoms with Crippen LogP contribution >= 0.6 is 0 Å². The molecule has 2 amide bonds. The van der Waals surface area contributed by atoms with Gasteiger partial charge in [0, 0.05) is 18.9 Å². The highest BCUT2D eigenvalue weighted by atomic mass is 16.5. The minimum atomic E-state index is -0.814. The van der Waals surface area contributed by atoms with Crippen LogP contribution in [0.2, 0.25) is 0 Å². The summed E-state index contributed by atoms with van der Waals surface area (Å²) < 4.78 is 5.56. The summed E-state index contributed by atoms with van der Waals surface area (Å²) in [6.07, 6.45) is 1.50. The normalized spacial score (nSPS) is 13.2. The zero-order valence-corrected chi connectivity index (χ0v) is 19.2. The molecule has 1 atom stereocenters. The first kappa shape index (κ1) is 24.3. The molecule has 3 N–H and O–H groups in total. The van der Waals surface area contributed by atoms with E-state index in [0.717, 1.165) is 28.7 Å². The number of carbonyl (C=O) groups is 3. The molecular formula is C26H32N2O5. The standard InChI is InChI=1S/C26H32N2O5/c1-17(2)24(25(31)27-15-9-3-4-14-23(29)30)28-26(32)33-16-22-20-12-7-5-10-18(20)19-11-6-8-13-21(19)22/h5-8,10-13,17,22,24H,3-4,9,14-16H2,1-2H3,(H,27,31)(H,28,32)(H,29,30)/t24-/m0/s1. The van der Waals surface area contributed by atoms with Crippen LogP contribution in [0.5, 0.6) is 0 Å². The van der Waals surface area contributed by atoms with Crippen molar-refractivity contribution in [2.45, 2.75) is 51.5 Å². The smallest absolute Gasteiger partial charge is 0.407 e. The molecular weight excluding hydrogens is 420 g/mol. The number of carboxylic acid groups (broad SMARTS) is 1. The highest BCUT2D eigenvalue weighted by Gasteiger charge is 2.30. The number of rotatable bonds is 11. The molecule has 7 nitrogen and oxygen atoms in total. The summed E-state index contributed by atoms with van der Waals surface area (Å²) in [5, 5.41) is 14.2. The van der Waals surface area contributed by atoms with Crippen LogP contribution in [-0.4, -0.2) is 42.3 Å². The fraction of sp³-hybridized carbons (Fsp3) is 0.423. The Morgan fingerprint density at radius 3 is 2.12 bits per heavy atom. The van der Waals surface area contributed by atoms with E-state index in [1.807, 2.05) is 38.1 Å². The highest BCUT2D eigenvalue weighted by Crippen LogP contribution is 2.44. The zero-order chi connectivity index (χ0) is 23.8. The first-order valence-electron chi connectivity index (χ1n) is 11.5. The predicted octanol–water partition coefficient (Wildman–Crippen LogP) is 4.31. The van der Waals surface area contributed by atoms with E-state index in [-0.39, 0.29) is 30.8 Å². The molecule has 3 rings (SSSR count). The van der Waals surface area contributed by atoms with Crippen LogP contribution in [0.1, 0.15) is 56.6 Å². The number of amides is 2. The Morgan fingerprint density at radius 2 is 1.55 bits per heavy atom. The van der Waals surface area contributed by atoms with Gasteiger partial charge >= 0.3 is 12.1 Å². The second-order valence-electron chi connectivity index (χ2n) is 8.69. The Hall–Kier alpha value is -3.35. The highest BCUT2D eigenvalue weighted by molar-refractivity contribution is 5.86. The van der Waals surface area contributed by atoms with Gasteiger partial charge in [-0.05, 0) is 41.0 Å². The van der Waals surface area contributed by atoms with E-state index in [1.54, 1.807) is 0 Å². The Morgan fingerprint density at radius 1 is 0.939 bits per heavy atom. The third-order valence-corrected chi connectivity index (χ3v) is 5.93. The molecule has 2 aromatic rings. The molecule has 0 saturated heterocycles. The molecule has 0 spiro atoms. The van der Waals surface area contributed by atoms with E-state index >= 15 is 0 Å². The van der Waals surface area contributed by atoms with Gasteiger partial charge in [-0.1, -0.05) is 68.8 Å². The van der Waals surface area contributed by atoms with Gasteiger partial charge in [0.1, 0.15) is 12.6 Å². The van der Waals surface area contributed by atoms with Crippen LogP contribution in [0.25, 0.3) is 11.1 Å². The molecule has 0 aliphatic heterocycles. The second kappa shape index (κ2) is 11.5. The molecule has 0 radical (unpaired) electrons. The minimum absolute atomic E-state index is 0.0414. The van der Waals surface area contributed by atoms with Crippen molar-refractivity contribution >= 4 is 18.0 Å². The molecule has 0 unspecified atom stereocenters. The lowest BCUT2D eigenvalue weighted by Crippen LogP contribution is -2.50. The summed E-state index contributed by atoms with van der Waals surface area (Å²) >= 11 is 0. The summed E-state index contributed by atoms with van der Waals surface area (Å²) in [7, 11) is 0. The molecule has 0 fully saturated rings. The van der Waals surface area contributed by atoms with E-state index < -0.39 is 18.1 Å². The third kappa shape index (κ3) is 6.34. The molecule has 0 aromatic heterocycles. The van der Waals surface area contributed by atoms with Crippen molar-refractivity contribution in [3.8, 4) is 11.1 Å². The van der Waals surface area contributed by atoms with Crippen molar-refractivity contribution in [1.29, 1.82) is 0 Å². The van der Waals surface area contributed by atoms with Crippen LogP contribution in [0.3, 0.4) is 0 Å². The number of nitrogens with one attached hydrogen (secondary N) is 2. The van der Waals surface area contributed by atoms with Crippen molar-refractivity contribution in [2.75, 3.05) is 13.2 Å². The van der Waals surface area contributed by atoms with Crippen LogP contribution < -0.4 is 10.6 Å². The number of alkyl carbamates (subject to hydrolysis) is 1. The topological polar surface area (TPSA) is 105 Å². The molecule has 1 aliphatic carbocycles. The van der Waals surface area contributed by atoms with Crippen LogP contribution in [0.4, 0.5) is 4.79 Å². The third-order valence-electron chi connectivity index (χ3n) is 5.93. The van der Waals surface area contributed by atoms with Gasteiger partial charge in [-0.25, -0.2) is 4.79 Å². The van der Waals surface area contributed by atoms with Gasteiger partial charge in [-0.2, -0.15) is 0 Å². The quantitative estimate of drug-likeness (QED) is 0.441. The molecule has 1 aliphatic rings. The molecule has 0 bridgehead atoms. The second-order valence-corrected chi connectivity index (χ2v) is 8.69. The summed E-state index contributed by atoms with van der Waals surface area (Å²) in [4.78, 5) is 35.7.